The van der Waals surface area contributed by atoms with Gasteiger partial charge < -0.3 is 9.84 Å². The largest absolute Gasteiger partial charge is 0.466 e. The minimum absolute atomic E-state index is 0.119. The number of carbonyl (C=O) groups is 1. The van der Waals surface area contributed by atoms with Gasteiger partial charge in [-0.3, -0.25) is 4.79 Å². The Hall–Kier alpha value is -2.28. The van der Waals surface area contributed by atoms with Gasteiger partial charge in [-0.05, 0) is 50.3 Å². The third-order valence-corrected chi connectivity index (χ3v) is 4.81. The van der Waals surface area contributed by atoms with Crippen LogP contribution in [0.5, 0.6) is 0 Å². The standard InChI is InChI=1S/C18H24N4O3/c1-3-25-17(23)14-8-10-18(24,11-9-14)12-22-20-16(19-21-22)15-7-5-4-6-13(15)2/h4-7,14,24H,3,8-12H2,1-2H3. The molecule has 0 atom stereocenters. The Bertz CT molecular complexity index is 735. The van der Waals surface area contributed by atoms with Crippen LogP contribution in [0.3, 0.4) is 0 Å². The number of ether oxygens (including phenoxy) is 1. The summed E-state index contributed by atoms with van der Waals surface area (Å²) in [5.74, 6) is 0.277. The molecule has 0 radical (unpaired) electrons. The molecule has 134 valence electrons. The van der Waals surface area contributed by atoms with E-state index < -0.39 is 5.60 Å². The summed E-state index contributed by atoms with van der Waals surface area (Å²) in [6, 6.07) is 7.86. The number of tetrazole rings is 1. The molecule has 25 heavy (non-hydrogen) atoms. The van der Waals surface area contributed by atoms with Gasteiger partial charge >= 0.3 is 5.97 Å². The molecule has 1 aliphatic rings. The minimum atomic E-state index is -0.910. The molecule has 1 aromatic carbocycles. The third-order valence-electron chi connectivity index (χ3n) is 4.81. The average Bonchev–Trinajstić information content (AvgIpc) is 3.03. The monoisotopic (exact) mass is 344 g/mol. The highest BCUT2D eigenvalue weighted by Gasteiger charge is 2.37. The molecule has 7 nitrogen and oxygen atoms in total. The van der Waals surface area contributed by atoms with E-state index in [1.54, 1.807) is 6.92 Å². The average molecular weight is 344 g/mol. The van der Waals surface area contributed by atoms with Crippen molar-refractivity contribution in [2.75, 3.05) is 6.61 Å². The fraction of sp³-hybridized carbons (Fsp3) is 0.556. The predicted molar refractivity (Wildman–Crippen MR) is 91.5 cm³/mol. The van der Waals surface area contributed by atoms with Crippen molar-refractivity contribution in [3.8, 4) is 11.4 Å². The molecule has 0 aliphatic heterocycles. The molecule has 3 rings (SSSR count). The lowest BCUT2D eigenvalue weighted by atomic mass is 9.79. The molecule has 0 bridgehead atoms. The lowest BCUT2D eigenvalue weighted by molar-refractivity contribution is -0.151. The lowest BCUT2D eigenvalue weighted by Gasteiger charge is -2.34. The highest BCUT2D eigenvalue weighted by Crippen LogP contribution is 2.33. The van der Waals surface area contributed by atoms with Gasteiger partial charge in [0.15, 0.2) is 0 Å². The van der Waals surface area contributed by atoms with E-state index in [9.17, 15) is 9.90 Å². The van der Waals surface area contributed by atoms with E-state index >= 15 is 0 Å². The summed E-state index contributed by atoms with van der Waals surface area (Å²) in [7, 11) is 0. The minimum Gasteiger partial charge on any atom is -0.466 e. The van der Waals surface area contributed by atoms with Gasteiger partial charge in [0.05, 0.1) is 24.7 Å². The number of benzene rings is 1. The number of esters is 1. The Kier molecular flexibility index (Phi) is 5.13. The summed E-state index contributed by atoms with van der Waals surface area (Å²) in [6.07, 6.45) is 2.29. The molecule has 1 heterocycles. The highest BCUT2D eigenvalue weighted by atomic mass is 16.5. The molecule has 0 amide bonds. The van der Waals surface area contributed by atoms with Crippen molar-refractivity contribution in [3.05, 3.63) is 29.8 Å². The molecule has 1 saturated carbocycles. The normalized spacial score (nSPS) is 23.4. The number of carbonyl (C=O) groups excluding carboxylic acids is 1. The summed E-state index contributed by atoms with van der Waals surface area (Å²) >= 11 is 0. The molecular weight excluding hydrogens is 320 g/mol. The lowest BCUT2D eigenvalue weighted by Crippen LogP contribution is -2.40. The van der Waals surface area contributed by atoms with Gasteiger partial charge in [-0.15, -0.1) is 10.2 Å². The summed E-state index contributed by atoms with van der Waals surface area (Å²) < 4.78 is 5.07. The predicted octanol–water partition coefficient (Wildman–Crippen LogP) is 2.13. The number of aromatic nitrogens is 4. The van der Waals surface area contributed by atoms with E-state index in [1.807, 2.05) is 31.2 Å². The van der Waals surface area contributed by atoms with Gasteiger partial charge in [-0.2, -0.15) is 4.80 Å². The van der Waals surface area contributed by atoms with Gasteiger partial charge in [-0.25, -0.2) is 0 Å². The van der Waals surface area contributed by atoms with Crippen LogP contribution in [0.1, 0.15) is 38.2 Å². The van der Waals surface area contributed by atoms with Gasteiger partial charge in [0, 0.05) is 5.56 Å². The van der Waals surface area contributed by atoms with Crippen LogP contribution in [-0.2, 0) is 16.1 Å². The van der Waals surface area contributed by atoms with E-state index in [1.165, 1.54) is 4.80 Å². The van der Waals surface area contributed by atoms with E-state index in [0.717, 1.165) is 11.1 Å². The number of rotatable bonds is 5. The summed E-state index contributed by atoms with van der Waals surface area (Å²) in [5.41, 5.74) is 1.11. The zero-order valence-electron chi connectivity index (χ0n) is 14.7. The molecule has 7 heteroatoms. The molecule has 0 spiro atoms. The van der Waals surface area contributed by atoms with Crippen LogP contribution in [0, 0.1) is 12.8 Å². The molecule has 1 aromatic heterocycles. The van der Waals surface area contributed by atoms with Crippen LogP contribution in [0.2, 0.25) is 0 Å². The maximum Gasteiger partial charge on any atom is 0.308 e. The Morgan fingerprint density at radius 1 is 1.36 bits per heavy atom. The van der Waals surface area contributed by atoms with Crippen LogP contribution in [-0.4, -0.2) is 43.5 Å². The van der Waals surface area contributed by atoms with Crippen LogP contribution in [0.15, 0.2) is 24.3 Å². The zero-order chi connectivity index (χ0) is 17.9. The van der Waals surface area contributed by atoms with E-state index in [2.05, 4.69) is 15.4 Å². The summed E-state index contributed by atoms with van der Waals surface area (Å²) in [6.45, 7) is 4.48. The first-order chi connectivity index (χ1) is 12.0. The van der Waals surface area contributed by atoms with Gasteiger partial charge in [0.2, 0.25) is 5.82 Å². The Morgan fingerprint density at radius 2 is 2.08 bits per heavy atom. The Balaban J connectivity index is 1.64. The topological polar surface area (TPSA) is 90.1 Å². The van der Waals surface area contributed by atoms with Gasteiger partial charge in [-0.1, -0.05) is 24.3 Å². The fourth-order valence-electron chi connectivity index (χ4n) is 3.31. The van der Waals surface area contributed by atoms with Crippen molar-refractivity contribution in [1.82, 2.24) is 20.2 Å². The number of hydrogen-bond donors (Lipinski definition) is 1. The molecule has 0 saturated heterocycles. The second-order valence-corrected chi connectivity index (χ2v) is 6.71. The number of aryl methyl sites for hydroxylation is 1. The molecule has 0 unspecified atom stereocenters. The van der Waals surface area contributed by atoms with Crippen LogP contribution >= 0.6 is 0 Å². The van der Waals surface area contributed by atoms with Crippen molar-refractivity contribution in [1.29, 1.82) is 0 Å². The van der Waals surface area contributed by atoms with Crippen LogP contribution < -0.4 is 0 Å². The maximum absolute atomic E-state index is 11.8. The Morgan fingerprint density at radius 3 is 2.76 bits per heavy atom. The SMILES string of the molecule is CCOC(=O)C1CCC(O)(Cn2nnc(-c3ccccc3C)n2)CC1. The van der Waals surface area contributed by atoms with Crippen LogP contribution in [0.25, 0.3) is 11.4 Å². The van der Waals surface area contributed by atoms with Crippen molar-refractivity contribution in [3.63, 3.8) is 0 Å². The van der Waals surface area contributed by atoms with Crippen molar-refractivity contribution < 1.29 is 14.6 Å². The zero-order valence-corrected chi connectivity index (χ0v) is 14.7. The first-order valence-corrected chi connectivity index (χ1v) is 8.73. The number of aliphatic hydroxyl groups is 1. The highest BCUT2D eigenvalue weighted by molar-refractivity contribution is 5.72. The maximum atomic E-state index is 11.8. The van der Waals surface area contributed by atoms with Gasteiger partial charge in [0.25, 0.3) is 0 Å². The molecule has 1 aliphatic carbocycles. The third kappa shape index (κ3) is 4.04. The van der Waals surface area contributed by atoms with Gasteiger partial charge in [0.1, 0.15) is 0 Å². The first kappa shape index (κ1) is 17.5. The van der Waals surface area contributed by atoms with Crippen molar-refractivity contribution >= 4 is 5.97 Å². The van der Waals surface area contributed by atoms with Crippen molar-refractivity contribution in [2.24, 2.45) is 5.92 Å². The molecule has 1 fully saturated rings. The van der Waals surface area contributed by atoms with Crippen LogP contribution in [0.4, 0.5) is 0 Å². The summed E-state index contributed by atoms with van der Waals surface area (Å²) in [4.78, 5) is 13.3. The fourth-order valence-corrected chi connectivity index (χ4v) is 3.31. The smallest absolute Gasteiger partial charge is 0.308 e. The second kappa shape index (κ2) is 7.31. The second-order valence-electron chi connectivity index (χ2n) is 6.71. The van der Waals surface area contributed by atoms with Crippen molar-refractivity contribution in [2.45, 2.75) is 51.7 Å². The van der Waals surface area contributed by atoms with E-state index in [4.69, 9.17) is 4.74 Å². The van der Waals surface area contributed by atoms with E-state index in [0.29, 0.717) is 38.1 Å². The molecule has 2 aromatic rings. The first-order valence-electron chi connectivity index (χ1n) is 8.73. The Labute approximate surface area is 147 Å². The number of hydrogen-bond acceptors (Lipinski definition) is 6. The molecule has 1 N–H and O–H groups in total. The van der Waals surface area contributed by atoms with E-state index in [-0.39, 0.29) is 18.4 Å². The number of nitrogens with zero attached hydrogens (tertiary/aromatic N) is 4. The summed E-state index contributed by atoms with van der Waals surface area (Å²) in [5, 5.41) is 23.4. The quantitative estimate of drug-likeness (QED) is 0.836. The molecular formula is C18H24N4O3.